The molecule has 0 radical (unpaired) electrons. The van der Waals surface area contributed by atoms with Crippen molar-refractivity contribution in [2.45, 2.75) is 13.5 Å². The summed E-state index contributed by atoms with van der Waals surface area (Å²) in [5, 5.41) is 13.9. The number of hydrogen-bond acceptors (Lipinski definition) is 6. The van der Waals surface area contributed by atoms with Crippen molar-refractivity contribution in [2.75, 3.05) is 11.9 Å². The Morgan fingerprint density at radius 3 is 3.00 bits per heavy atom. The second kappa shape index (κ2) is 5.85. The highest BCUT2D eigenvalue weighted by molar-refractivity contribution is 5.63. The second-order valence-electron chi connectivity index (χ2n) is 3.69. The van der Waals surface area contributed by atoms with Crippen LogP contribution in [-0.2, 0) is 6.54 Å². The maximum Gasteiger partial charge on any atom is 0.296 e. The molecule has 1 aromatic carbocycles. The number of ether oxygens (including phenoxy) is 1. The van der Waals surface area contributed by atoms with Crippen LogP contribution in [0.15, 0.2) is 35.2 Å². The average Bonchev–Trinajstić information content (AvgIpc) is 2.90. The van der Waals surface area contributed by atoms with Gasteiger partial charge in [0.1, 0.15) is 17.2 Å². The molecule has 100 valence electrons. The zero-order valence-electron chi connectivity index (χ0n) is 10.3. The lowest BCUT2D eigenvalue weighted by Crippen LogP contribution is -2.02. The topological polar surface area (TPSA) is 90.4 Å². The number of oxazole rings is 1. The van der Waals surface area contributed by atoms with Crippen molar-refractivity contribution in [2.24, 2.45) is 0 Å². The lowest BCUT2D eigenvalue weighted by atomic mass is 10.2. The summed E-state index contributed by atoms with van der Waals surface area (Å²) in [6, 6.07) is 4.69. The van der Waals surface area contributed by atoms with Gasteiger partial charge < -0.3 is 14.5 Å². The van der Waals surface area contributed by atoms with Crippen LogP contribution in [0.25, 0.3) is 0 Å². The molecule has 19 heavy (non-hydrogen) atoms. The Labute approximate surface area is 109 Å². The van der Waals surface area contributed by atoms with Gasteiger partial charge >= 0.3 is 0 Å². The molecule has 2 aromatic rings. The number of aromatic nitrogens is 1. The van der Waals surface area contributed by atoms with E-state index in [2.05, 4.69) is 10.3 Å². The molecule has 0 aliphatic carbocycles. The Morgan fingerprint density at radius 1 is 1.53 bits per heavy atom. The number of nitro benzene ring substituents is 1. The van der Waals surface area contributed by atoms with Gasteiger partial charge in [-0.1, -0.05) is 0 Å². The molecule has 7 heteroatoms. The summed E-state index contributed by atoms with van der Waals surface area (Å²) in [7, 11) is 0. The van der Waals surface area contributed by atoms with Crippen LogP contribution in [0.4, 0.5) is 11.4 Å². The Bertz CT molecular complexity index is 554. The Kier molecular flexibility index (Phi) is 3.97. The molecule has 0 amide bonds. The maximum absolute atomic E-state index is 11.0. The third kappa shape index (κ3) is 3.21. The summed E-state index contributed by atoms with van der Waals surface area (Å²) in [6.45, 7) is 2.61. The van der Waals surface area contributed by atoms with Crippen LogP contribution < -0.4 is 10.1 Å². The van der Waals surface area contributed by atoms with Crippen LogP contribution in [-0.4, -0.2) is 16.5 Å². The fourth-order valence-electron chi connectivity index (χ4n) is 1.58. The van der Waals surface area contributed by atoms with Crippen molar-refractivity contribution in [3.8, 4) is 5.75 Å². The number of anilines is 1. The van der Waals surface area contributed by atoms with E-state index in [1.54, 1.807) is 18.3 Å². The number of rotatable bonds is 6. The molecular weight excluding hydrogens is 250 g/mol. The van der Waals surface area contributed by atoms with Gasteiger partial charge in [-0.3, -0.25) is 10.1 Å². The van der Waals surface area contributed by atoms with Crippen LogP contribution >= 0.6 is 0 Å². The third-order valence-corrected chi connectivity index (χ3v) is 2.41. The van der Waals surface area contributed by atoms with Gasteiger partial charge in [0.05, 0.1) is 30.3 Å². The molecule has 2 rings (SSSR count). The summed E-state index contributed by atoms with van der Waals surface area (Å²) >= 11 is 0. The fourth-order valence-corrected chi connectivity index (χ4v) is 1.58. The van der Waals surface area contributed by atoms with E-state index in [1.807, 2.05) is 6.92 Å². The quantitative estimate of drug-likeness (QED) is 0.636. The summed E-state index contributed by atoms with van der Waals surface area (Å²) in [4.78, 5) is 14.3. The highest BCUT2D eigenvalue weighted by atomic mass is 16.6. The van der Waals surface area contributed by atoms with E-state index in [0.717, 1.165) is 0 Å². The van der Waals surface area contributed by atoms with Gasteiger partial charge in [0.25, 0.3) is 5.69 Å². The van der Waals surface area contributed by atoms with Crippen LogP contribution in [0.5, 0.6) is 5.75 Å². The smallest absolute Gasteiger partial charge is 0.296 e. The van der Waals surface area contributed by atoms with E-state index in [0.29, 0.717) is 30.3 Å². The third-order valence-electron chi connectivity index (χ3n) is 2.41. The Balaban J connectivity index is 2.16. The van der Waals surface area contributed by atoms with Crippen molar-refractivity contribution in [3.05, 3.63) is 46.7 Å². The molecular formula is C12H13N3O4. The van der Waals surface area contributed by atoms with E-state index in [-0.39, 0.29) is 5.69 Å². The van der Waals surface area contributed by atoms with Gasteiger partial charge in [0.15, 0.2) is 6.39 Å². The maximum atomic E-state index is 11.0. The highest BCUT2D eigenvalue weighted by Gasteiger charge is 2.15. The van der Waals surface area contributed by atoms with Crippen LogP contribution in [0.3, 0.4) is 0 Å². The summed E-state index contributed by atoms with van der Waals surface area (Å²) in [6.07, 6.45) is 2.86. The van der Waals surface area contributed by atoms with Crippen LogP contribution in [0.1, 0.15) is 12.7 Å². The van der Waals surface area contributed by atoms with E-state index in [9.17, 15) is 10.1 Å². The Hall–Kier alpha value is -2.57. The van der Waals surface area contributed by atoms with Gasteiger partial charge in [0.2, 0.25) is 0 Å². The molecule has 0 aliphatic rings. The summed E-state index contributed by atoms with van der Waals surface area (Å²) < 4.78 is 10.3. The summed E-state index contributed by atoms with van der Waals surface area (Å²) in [5.74, 6) is 1.07. The molecule has 0 fully saturated rings. The summed E-state index contributed by atoms with van der Waals surface area (Å²) in [5.41, 5.74) is 0.371. The van der Waals surface area contributed by atoms with Crippen molar-refractivity contribution in [1.82, 2.24) is 4.98 Å². The predicted molar refractivity (Wildman–Crippen MR) is 68.1 cm³/mol. The Morgan fingerprint density at radius 2 is 2.37 bits per heavy atom. The SMILES string of the molecule is CCOc1ccc(NCc2cnco2)c([N+](=O)[O-])c1. The van der Waals surface area contributed by atoms with Crippen molar-refractivity contribution < 1.29 is 14.1 Å². The standard InChI is InChI=1S/C12H13N3O4/c1-2-18-9-3-4-11(12(5-9)15(16)17)14-7-10-6-13-8-19-10/h3-6,8,14H,2,7H2,1H3. The van der Waals surface area contributed by atoms with Gasteiger partial charge in [-0.05, 0) is 19.1 Å². The van der Waals surface area contributed by atoms with E-state index in [1.165, 1.54) is 12.5 Å². The number of nitrogens with one attached hydrogen (secondary N) is 1. The van der Waals surface area contributed by atoms with Gasteiger partial charge in [-0.25, -0.2) is 4.98 Å². The van der Waals surface area contributed by atoms with Gasteiger partial charge in [0, 0.05) is 0 Å². The molecule has 0 bridgehead atoms. The molecule has 0 saturated carbocycles. The number of nitrogens with zero attached hydrogens (tertiary/aromatic N) is 2. The minimum Gasteiger partial charge on any atom is -0.494 e. The molecule has 7 nitrogen and oxygen atoms in total. The first-order chi connectivity index (χ1) is 9.20. The molecule has 0 unspecified atom stereocenters. The van der Waals surface area contributed by atoms with Gasteiger partial charge in [-0.15, -0.1) is 0 Å². The largest absolute Gasteiger partial charge is 0.494 e. The predicted octanol–water partition coefficient (Wildman–Crippen LogP) is 2.59. The lowest BCUT2D eigenvalue weighted by Gasteiger charge is -2.07. The first kappa shape index (κ1) is 12.9. The molecule has 0 atom stereocenters. The number of benzene rings is 1. The fraction of sp³-hybridized carbons (Fsp3) is 0.250. The van der Waals surface area contributed by atoms with Crippen LogP contribution in [0.2, 0.25) is 0 Å². The zero-order valence-corrected chi connectivity index (χ0v) is 10.3. The average molecular weight is 263 g/mol. The zero-order chi connectivity index (χ0) is 13.7. The lowest BCUT2D eigenvalue weighted by molar-refractivity contribution is -0.384. The molecule has 0 spiro atoms. The van der Waals surface area contributed by atoms with Gasteiger partial charge in [-0.2, -0.15) is 0 Å². The van der Waals surface area contributed by atoms with E-state index in [4.69, 9.17) is 9.15 Å². The molecule has 1 aromatic heterocycles. The van der Waals surface area contributed by atoms with E-state index >= 15 is 0 Å². The number of nitro groups is 1. The van der Waals surface area contributed by atoms with Crippen molar-refractivity contribution in [3.63, 3.8) is 0 Å². The normalized spacial score (nSPS) is 10.2. The second-order valence-corrected chi connectivity index (χ2v) is 3.69. The molecule has 0 saturated heterocycles. The first-order valence-corrected chi connectivity index (χ1v) is 5.73. The van der Waals surface area contributed by atoms with Crippen molar-refractivity contribution >= 4 is 11.4 Å². The van der Waals surface area contributed by atoms with Crippen LogP contribution in [0, 0.1) is 10.1 Å². The molecule has 1 N–H and O–H groups in total. The molecule has 1 heterocycles. The molecule has 0 aliphatic heterocycles. The first-order valence-electron chi connectivity index (χ1n) is 5.73. The highest BCUT2D eigenvalue weighted by Crippen LogP contribution is 2.29. The van der Waals surface area contributed by atoms with E-state index < -0.39 is 4.92 Å². The van der Waals surface area contributed by atoms with Crippen molar-refractivity contribution in [1.29, 1.82) is 0 Å². The minimum atomic E-state index is -0.453. The number of hydrogen-bond donors (Lipinski definition) is 1. The minimum absolute atomic E-state index is 0.0366. The monoisotopic (exact) mass is 263 g/mol.